The molecular formula is C20H22N4O4S2. The number of aromatic nitrogens is 1. The second-order valence-corrected chi connectivity index (χ2v) is 9.80. The average molecular weight is 447 g/mol. The SMILES string of the molecule is Cc1ccc(S(=O)(=O)Nc2nc3cc(NC(=O)NCC4CCCO4)ccc3s2)cc1. The molecule has 3 aromatic rings. The number of hydrogen-bond acceptors (Lipinski definition) is 6. The molecule has 0 saturated carbocycles. The van der Waals surface area contributed by atoms with Crippen molar-refractivity contribution < 1.29 is 17.9 Å². The van der Waals surface area contributed by atoms with Crippen LogP contribution in [0.25, 0.3) is 10.2 Å². The van der Waals surface area contributed by atoms with Gasteiger partial charge in [0.25, 0.3) is 10.0 Å². The van der Waals surface area contributed by atoms with Crippen LogP contribution in [0.15, 0.2) is 47.4 Å². The Morgan fingerprint density at radius 3 is 2.77 bits per heavy atom. The minimum atomic E-state index is -3.72. The van der Waals surface area contributed by atoms with Gasteiger partial charge < -0.3 is 15.4 Å². The second-order valence-electron chi connectivity index (χ2n) is 7.09. The lowest BCUT2D eigenvalue weighted by molar-refractivity contribution is 0.112. The third-order valence-corrected chi connectivity index (χ3v) is 7.15. The minimum absolute atomic E-state index is 0.0703. The minimum Gasteiger partial charge on any atom is -0.376 e. The van der Waals surface area contributed by atoms with Gasteiger partial charge >= 0.3 is 6.03 Å². The predicted molar refractivity (Wildman–Crippen MR) is 118 cm³/mol. The van der Waals surface area contributed by atoms with E-state index in [1.807, 2.05) is 6.92 Å². The lowest BCUT2D eigenvalue weighted by Crippen LogP contribution is -2.34. The summed E-state index contributed by atoms with van der Waals surface area (Å²) in [7, 11) is -3.72. The Kier molecular flexibility index (Phi) is 5.89. The first-order chi connectivity index (χ1) is 14.4. The fourth-order valence-corrected chi connectivity index (χ4v) is 5.21. The summed E-state index contributed by atoms with van der Waals surface area (Å²) in [6, 6.07) is 11.5. The highest BCUT2D eigenvalue weighted by atomic mass is 32.2. The molecule has 3 N–H and O–H groups in total. The van der Waals surface area contributed by atoms with Crippen LogP contribution in [0.3, 0.4) is 0 Å². The van der Waals surface area contributed by atoms with Crippen LogP contribution >= 0.6 is 11.3 Å². The molecule has 0 radical (unpaired) electrons. The Bertz CT molecular complexity index is 1150. The van der Waals surface area contributed by atoms with Gasteiger partial charge in [-0.15, -0.1) is 0 Å². The average Bonchev–Trinajstić information content (AvgIpc) is 3.35. The summed E-state index contributed by atoms with van der Waals surface area (Å²) < 4.78 is 33.9. The zero-order valence-electron chi connectivity index (χ0n) is 16.3. The van der Waals surface area contributed by atoms with Crippen molar-refractivity contribution in [2.75, 3.05) is 23.2 Å². The molecule has 1 fully saturated rings. The van der Waals surface area contributed by atoms with Crippen LogP contribution in [0, 0.1) is 6.92 Å². The Balaban J connectivity index is 1.43. The number of rotatable bonds is 6. The standard InChI is InChI=1S/C20H22N4O4S2/c1-13-4-7-16(8-5-13)30(26,27)24-20-23-17-11-14(6-9-18(17)29-20)22-19(25)21-12-15-3-2-10-28-15/h4-9,11,15H,2-3,10,12H2,1H3,(H,23,24)(H2,21,22,25). The smallest absolute Gasteiger partial charge is 0.319 e. The van der Waals surface area contributed by atoms with Gasteiger partial charge in [0.15, 0.2) is 5.13 Å². The molecule has 1 unspecified atom stereocenters. The van der Waals surface area contributed by atoms with Gasteiger partial charge in [0.05, 0.1) is 21.2 Å². The summed E-state index contributed by atoms with van der Waals surface area (Å²) >= 11 is 1.23. The van der Waals surface area contributed by atoms with Gasteiger partial charge in [-0.3, -0.25) is 4.72 Å². The summed E-state index contributed by atoms with van der Waals surface area (Å²) in [4.78, 5) is 16.6. The molecular weight excluding hydrogens is 424 g/mol. The Morgan fingerprint density at radius 1 is 1.23 bits per heavy atom. The lowest BCUT2D eigenvalue weighted by atomic mass is 10.2. The molecule has 2 heterocycles. The van der Waals surface area contributed by atoms with Crippen LogP contribution in [-0.4, -0.2) is 38.7 Å². The molecule has 1 atom stereocenters. The summed E-state index contributed by atoms with van der Waals surface area (Å²) in [6.45, 7) is 3.10. The van der Waals surface area contributed by atoms with Crippen LogP contribution < -0.4 is 15.4 Å². The number of urea groups is 1. The third kappa shape index (κ3) is 4.89. The molecule has 0 bridgehead atoms. The highest BCUT2D eigenvalue weighted by Crippen LogP contribution is 2.29. The van der Waals surface area contributed by atoms with E-state index in [0.717, 1.165) is 29.7 Å². The fraction of sp³-hybridized carbons (Fsp3) is 0.300. The molecule has 1 saturated heterocycles. The van der Waals surface area contributed by atoms with E-state index >= 15 is 0 Å². The zero-order valence-corrected chi connectivity index (χ0v) is 18.0. The quantitative estimate of drug-likeness (QED) is 0.535. The van der Waals surface area contributed by atoms with Crippen LogP contribution in [0.2, 0.25) is 0 Å². The van der Waals surface area contributed by atoms with Gasteiger partial charge in [-0.25, -0.2) is 18.2 Å². The van der Waals surface area contributed by atoms with Crippen molar-refractivity contribution in [1.82, 2.24) is 10.3 Å². The van der Waals surface area contributed by atoms with E-state index in [9.17, 15) is 13.2 Å². The van der Waals surface area contributed by atoms with Crippen molar-refractivity contribution in [3.05, 3.63) is 48.0 Å². The Labute approximate surface area is 178 Å². The van der Waals surface area contributed by atoms with Crippen LogP contribution in [-0.2, 0) is 14.8 Å². The van der Waals surface area contributed by atoms with Gasteiger partial charge in [-0.05, 0) is 50.1 Å². The number of benzene rings is 2. The summed E-state index contributed by atoms with van der Waals surface area (Å²) in [5.41, 5.74) is 2.15. The van der Waals surface area contributed by atoms with Crippen molar-refractivity contribution in [1.29, 1.82) is 0 Å². The number of nitrogens with one attached hydrogen (secondary N) is 3. The number of thiazole rings is 1. The van der Waals surface area contributed by atoms with Gasteiger partial charge in [-0.1, -0.05) is 29.0 Å². The molecule has 2 amide bonds. The first-order valence-corrected chi connectivity index (χ1v) is 11.9. The highest BCUT2D eigenvalue weighted by molar-refractivity contribution is 7.93. The van der Waals surface area contributed by atoms with Gasteiger partial charge in [0, 0.05) is 18.8 Å². The number of anilines is 2. The number of carbonyl (C=O) groups excluding carboxylic acids is 1. The number of carbonyl (C=O) groups is 1. The number of fused-ring (bicyclic) bond motifs is 1. The topological polar surface area (TPSA) is 109 Å². The number of aryl methyl sites for hydroxylation is 1. The molecule has 30 heavy (non-hydrogen) atoms. The van der Waals surface area contributed by atoms with E-state index < -0.39 is 10.0 Å². The summed E-state index contributed by atoms with van der Waals surface area (Å²) in [5, 5.41) is 5.83. The van der Waals surface area contributed by atoms with Crippen molar-refractivity contribution >= 4 is 48.4 Å². The van der Waals surface area contributed by atoms with Crippen molar-refractivity contribution in [3.63, 3.8) is 0 Å². The van der Waals surface area contributed by atoms with E-state index in [4.69, 9.17) is 4.74 Å². The summed E-state index contributed by atoms with van der Waals surface area (Å²) in [6.07, 6.45) is 2.04. The van der Waals surface area contributed by atoms with E-state index in [1.165, 1.54) is 11.3 Å². The largest absolute Gasteiger partial charge is 0.376 e. The number of ether oxygens (including phenoxy) is 1. The van der Waals surface area contributed by atoms with Gasteiger partial charge in [0.1, 0.15) is 0 Å². The van der Waals surface area contributed by atoms with E-state index in [-0.39, 0.29) is 22.2 Å². The van der Waals surface area contributed by atoms with E-state index in [1.54, 1.807) is 42.5 Å². The number of hydrogen-bond donors (Lipinski definition) is 3. The molecule has 0 spiro atoms. The van der Waals surface area contributed by atoms with E-state index in [0.29, 0.717) is 17.7 Å². The first-order valence-electron chi connectivity index (χ1n) is 9.55. The van der Waals surface area contributed by atoms with Crippen LogP contribution in [0.5, 0.6) is 0 Å². The maximum Gasteiger partial charge on any atom is 0.319 e. The number of nitrogens with zero attached hydrogens (tertiary/aromatic N) is 1. The summed E-state index contributed by atoms with van der Waals surface area (Å²) in [5.74, 6) is 0. The van der Waals surface area contributed by atoms with Gasteiger partial charge in [-0.2, -0.15) is 0 Å². The molecule has 10 heteroatoms. The maximum atomic E-state index is 12.6. The Morgan fingerprint density at radius 2 is 2.03 bits per heavy atom. The predicted octanol–water partition coefficient (Wildman–Crippen LogP) is 3.71. The molecule has 8 nitrogen and oxygen atoms in total. The maximum absolute atomic E-state index is 12.6. The molecule has 158 valence electrons. The van der Waals surface area contributed by atoms with Crippen molar-refractivity contribution in [3.8, 4) is 0 Å². The van der Waals surface area contributed by atoms with E-state index in [2.05, 4.69) is 20.3 Å². The monoisotopic (exact) mass is 446 g/mol. The normalized spacial score (nSPS) is 16.5. The van der Waals surface area contributed by atoms with Crippen molar-refractivity contribution in [2.24, 2.45) is 0 Å². The van der Waals surface area contributed by atoms with Gasteiger partial charge in [0.2, 0.25) is 0 Å². The molecule has 1 aromatic heterocycles. The van der Waals surface area contributed by atoms with Crippen LogP contribution in [0.1, 0.15) is 18.4 Å². The first kappa shape index (κ1) is 20.6. The molecule has 1 aliphatic rings. The molecule has 2 aromatic carbocycles. The fourth-order valence-electron chi connectivity index (χ4n) is 3.13. The Hall–Kier alpha value is -2.69. The molecule has 0 aliphatic carbocycles. The molecule has 4 rings (SSSR count). The highest BCUT2D eigenvalue weighted by Gasteiger charge is 2.18. The molecule has 1 aliphatic heterocycles. The van der Waals surface area contributed by atoms with Crippen molar-refractivity contribution in [2.45, 2.75) is 30.8 Å². The zero-order chi connectivity index (χ0) is 21.1. The lowest BCUT2D eigenvalue weighted by Gasteiger charge is -2.11. The second kappa shape index (κ2) is 8.58. The number of sulfonamides is 1. The third-order valence-electron chi connectivity index (χ3n) is 4.71. The van der Waals surface area contributed by atoms with Crippen LogP contribution in [0.4, 0.5) is 15.6 Å². The number of amides is 2.